The van der Waals surface area contributed by atoms with Gasteiger partial charge in [0.15, 0.2) is 5.41 Å². The summed E-state index contributed by atoms with van der Waals surface area (Å²) in [4.78, 5) is 24.4. The van der Waals surface area contributed by atoms with Crippen molar-refractivity contribution in [2.24, 2.45) is 5.41 Å². The van der Waals surface area contributed by atoms with E-state index in [4.69, 9.17) is 14.2 Å². The van der Waals surface area contributed by atoms with Crippen LogP contribution < -0.4 is 29.6 Å². The molecule has 2 unspecified atom stereocenters. The Balaban J connectivity index is 0.00000180. The van der Waals surface area contributed by atoms with Crippen LogP contribution in [0.3, 0.4) is 0 Å². The van der Waals surface area contributed by atoms with Gasteiger partial charge >= 0.3 is 41.5 Å². The smallest absolute Gasteiger partial charge is 1.00 e. The third kappa shape index (κ3) is 3.32. The first kappa shape index (κ1) is 17.0. The molecule has 19 heavy (non-hydrogen) atoms. The van der Waals surface area contributed by atoms with Crippen LogP contribution in [0.5, 0.6) is 0 Å². The molecule has 0 aromatic rings. The summed E-state index contributed by atoms with van der Waals surface area (Å²) < 4.78 is 15.9. The molecule has 2 bridgehead atoms. The maximum Gasteiger partial charge on any atom is 1.00 e. The van der Waals surface area contributed by atoms with E-state index >= 15 is 0 Å². The Morgan fingerprint density at radius 2 is 1.53 bits per heavy atom. The zero-order valence-corrected chi connectivity index (χ0v) is 13.9. The van der Waals surface area contributed by atoms with Crippen molar-refractivity contribution >= 4 is 11.9 Å². The van der Waals surface area contributed by atoms with E-state index in [1.165, 1.54) is 0 Å². The molecule has 2 atom stereocenters. The Bertz CT molecular complexity index is 318. The van der Waals surface area contributed by atoms with Crippen molar-refractivity contribution < 1.29 is 54.8 Å². The van der Waals surface area contributed by atoms with E-state index in [2.05, 4.69) is 0 Å². The van der Waals surface area contributed by atoms with Crippen LogP contribution in [0.4, 0.5) is 0 Å². The Hall–Kier alpha value is -0.100. The van der Waals surface area contributed by atoms with Crippen LogP contribution in [0.15, 0.2) is 0 Å². The van der Waals surface area contributed by atoms with E-state index in [0.29, 0.717) is 12.8 Å². The largest absolute Gasteiger partial charge is 1.00 e. The number of carbonyl (C=O) groups excluding carboxylic acids is 2. The van der Waals surface area contributed by atoms with Gasteiger partial charge in [-0.3, -0.25) is 9.59 Å². The van der Waals surface area contributed by atoms with Crippen LogP contribution in [-0.4, -0.2) is 37.4 Å². The minimum absolute atomic E-state index is 0. The summed E-state index contributed by atoms with van der Waals surface area (Å²) in [7, 11) is 0. The average Bonchev–Trinajstić information content (AvgIpc) is 2.69. The summed E-state index contributed by atoms with van der Waals surface area (Å²) in [6.45, 7) is 4.03. The third-order valence-electron chi connectivity index (χ3n) is 3.68. The molecule has 2 fully saturated rings. The van der Waals surface area contributed by atoms with Crippen molar-refractivity contribution in [2.45, 2.75) is 51.7 Å². The summed E-state index contributed by atoms with van der Waals surface area (Å²) >= 11 is 0. The van der Waals surface area contributed by atoms with Crippen LogP contribution in [0.1, 0.15) is 41.0 Å². The fourth-order valence-corrected chi connectivity index (χ4v) is 2.90. The fourth-order valence-electron chi connectivity index (χ4n) is 2.90. The van der Waals surface area contributed by atoms with Crippen molar-refractivity contribution in [1.29, 1.82) is 0 Å². The number of fused-ring (bicyclic) bond motifs is 2. The van der Waals surface area contributed by atoms with Gasteiger partial charge in [-0.15, -0.1) is 0 Å². The summed E-state index contributed by atoms with van der Waals surface area (Å²) in [5.74, 6) is -0.910. The molecule has 6 heteroatoms. The van der Waals surface area contributed by atoms with Crippen molar-refractivity contribution in [3.05, 3.63) is 0 Å². The molecular weight excluding hydrogens is 259 g/mol. The maximum absolute atomic E-state index is 12.2. The van der Waals surface area contributed by atoms with E-state index in [1.54, 1.807) is 13.8 Å². The quantitative estimate of drug-likeness (QED) is 0.358. The molecule has 2 saturated heterocycles. The van der Waals surface area contributed by atoms with Crippen molar-refractivity contribution in [3.8, 4) is 0 Å². The molecule has 2 rings (SSSR count). The second-order valence-electron chi connectivity index (χ2n) is 4.89. The number of rotatable bonds is 4. The minimum atomic E-state index is -1.14. The number of esters is 2. The van der Waals surface area contributed by atoms with E-state index in [-0.39, 0.29) is 56.4 Å². The Morgan fingerprint density at radius 1 is 1.11 bits per heavy atom. The predicted octanol–water partition coefficient (Wildman–Crippen LogP) is -1.44. The van der Waals surface area contributed by atoms with Gasteiger partial charge in [-0.1, -0.05) is 0 Å². The van der Waals surface area contributed by atoms with Gasteiger partial charge in [-0.05, 0) is 26.7 Å². The standard InChI is InChI=1S/C13H20O5.Na.H/c1-3-16-11(14)13(12(15)17-4-2)7-9-5-6-10(8-13)18-9;;/h9-10H,3-8H2,1-2H3;;/q;+1;-1. The Kier molecular flexibility index (Phi) is 6.30. The second-order valence-corrected chi connectivity index (χ2v) is 4.89. The number of ether oxygens (including phenoxy) is 3. The molecule has 0 amide bonds. The maximum atomic E-state index is 12.2. The summed E-state index contributed by atoms with van der Waals surface area (Å²) in [5.41, 5.74) is -1.14. The first-order chi connectivity index (χ1) is 8.62. The van der Waals surface area contributed by atoms with Crippen LogP contribution in [-0.2, 0) is 23.8 Å². The van der Waals surface area contributed by atoms with Gasteiger partial charge in [0.25, 0.3) is 0 Å². The van der Waals surface area contributed by atoms with Crippen molar-refractivity contribution in [2.75, 3.05) is 13.2 Å². The molecule has 2 aliphatic rings. The zero-order valence-electron chi connectivity index (χ0n) is 12.9. The van der Waals surface area contributed by atoms with E-state index in [0.717, 1.165) is 12.8 Å². The normalized spacial score (nSPS) is 27.3. The van der Waals surface area contributed by atoms with Gasteiger partial charge in [0, 0.05) is 12.8 Å². The molecule has 0 spiro atoms. The van der Waals surface area contributed by atoms with Gasteiger partial charge in [-0.25, -0.2) is 0 Å². The average molecular weight is 280 g/mol. The van der Waals surface area contributed by atoms with Crippen molar-refractivity contribution in [3.63, 3.8) is 0 Å². The number of carbonyl (C=O) groups is 2. The van der Waals surface area contributed by atoms with Crippen LogP contribution in [0, 0.1) is 5.41 Å². The van der Waals surface area contributed by atoms with Gasteiger partial charge in [0.2, 0.25) is 0 Å². The molecule has 0 radical (unpaired) electrons. The molecule has 0 saturated carbocycles. The van der Waals surface area contributed by atoms with Crippen LogP contribution in [0.25, 0.3) is 0 Å². The van der Waals surface area contributed by atoms with Gasteiger partial charge in [0.05, 0.1) is 25.4 Å². The van der Waals surface area contributed by atoms with Crippen LogP contribution >= 0.6 is 0 Å². The molecule has 104 valence electrons. The second kappa shape index (κ2) is 7.07. The van der Waals surface area contributed by atoms with Crippen molar-refractivity contribution in [1.82, 2.24) is 0 Å². The summed E-state index contributed by atoms with van der Waals surface area (Å²) in [6, 6.07) is 0. The molecule has 0 aromatic heterocycles. The van der Waals surface area contributed by atoms with E-state index in [9.17, 15) is 9.59 Å². The molecular formula is C13H21NaO5. The zero-order chi connectivity index (χ0) is 13.2. The Morgan fingerprint density at radius 3 is 1.89 bits per heavy atom. The first-order valence-corrected chi connectivity index (χ1v) is 6.62. The van der Waals surface area contributed by atoms with Crippen LogP contribution in [0.2, 0.25) is 0 Å². The van der Waals surface area contributed by atoms with Gasteiger partial charge in [-0.2, -0.15) is 0 Å². The molecule has 2 heterocycles. The molecule has 0 aromatic carbocycles. The first-order valence-electron chi connectivity index (χ1n) is 6.62. The molecule has 2 aliphatic heterocycles. The SMILES string of the molecule is CCOC(=O)C1(C(=O)OCC)CC2CCC(C1)O2.[H-].[Na+]. The Labute approximate surface area is 137 Å². The van der Waals surface area contributed by atoms with Gasteiger partial charge < -0.3 is 15.6 Å². The molecule has 0 aliphatic carbocycles. The van der Waals surface area contributed by atoms with E-state index < -0.39 is 17.4 Å². The van der Waals surface area contributed by atoms with Gasteiger partial charge in [0.1, 0.15) is 0 Å². The molecule has 5 nitrogen and oxygen atoms in total. The topological polar surface area (TPSA) is 61.8 Å². The monoisotopic (exact) mass is 280 g/mol. The third-order valence-corrected chi connectivity index (χ3v) is 3.68. The minimum Gasteiger partial charge on any atom is -1.00 e. The number of hydrogen-bond acceptors (Lipinski definition) is 5. The number of hydrogen-bond donors (Lipinski definition) is 0. The molecule has 0 N–H and O–H groups in total. The summed E-state index contributed by atoms with van der Waals surface area (Å²) in [5, 5.41) is 0. The predicted molar refractivity (Wildman–Crippen MR) is 63.9 cm³/mol. The van der Waals surface area contributed by atoms with E-state index in [1.807, 2.05) is 0 Å². The summed E-state index contributed by atoms with van der Waals surface area (Å²) in [6.07, 6.45) is 2.56. The fraction of sp³-hybridized carbons (Fsp3) is 0.846.